The number of rotatable bonds is 6. The van der Waals surface area contributed by atoms with Crippen molar-refractivity contribution in [1.29, 1.82) is 0 Å². The molecule has 0 saturated carbocycles. The number of carbonyl (C=O) groups excluding carboxylic acids is 1. The van der Waals surface area contributed by atoms with E-state index in [9.17, 15) is 9.90 Å². The lowest BCUT2D eigenvalue weighted by atomic mass is 10.0. The van der Waals surface area contributed by atoms with Crippen LogP contribution in [0.2, 0.25) is 0 Å². The molecular weight excluding hydrogens is 242 g/mol. The average molecular weight is 265 g/mol. The van der Waals surface area contributed by atoms with E-state index in [1.54, 1.807) is 24.3 Å². The van der Waals surface area contributed by atoms with Gasteiger partial charge >= 0.3 is 0 Å². The first-order valence-corrected chi connectivity index (χ1v) is 6.62. The number of hydrogen-bond acceptors (Lipinski definition) is 3. The van der Waals surface area contributed by atoms with Crippen molar-refractivity contribution < 1.29 is 14.6 Å². The van der Waals surface area contributed by atoms with Crippen molar-refractivity contribution >= 4 is 5.91 Å². The summed E-state index contributed by atoms with van der Waals surface area (Å²) in [5, 5.41) is 12.0. The minimum atomic E-state index is -0.223. The van der Waals surface area contributed by atoms with Crippen LogP contribution in [0.4, 0.5) is 0 Å². The van der Waals surface area contributed by atoms with E-state index in [1.165, 1.54) is 0 Å². The van der Waals surface area contributed by atoms with Crippen LogP contribution in [0.5, 0.6) is 5.75 Å². The van der Waals surface area contributed by atoms with Crippen LogP contribution in [0.1, 0.15) is 38.1 Å². The molecule has 0 saturated heterocycles. The number of aliphatic hydroxyl groups excluding tert-OH is 1. The Morgan fingerprint density at radius 2 is 1.79 bits per heavy atom. The Bertz CT molecular complexity index is 398. The number of ether oxygens (including phenoxy) is 1. The number of carbonyl (C=O) groups is 1. The summed E-state index contributed by atoms with van der Waals surface area (Å²) in [5.41, 5.74) is 0.565. The van der Waals surface area contributed by atoms with E-state index in [-0.39, 0.29) is 30.6 Å². The third kappa shape index (κ3) is 4.91. The third-order valence-electron chi connectivity index (χ3n) is 2.81. The molecule has 4 heteroatoms. The minimum Gasteiger partial charge on any atom is -0.491 e. The first-order chi connectivity index (χ1) is 8.93. The van der Waals surface area contributed by atoms with Crippen LogP contribution in [0.25, 0.3) is 0 Å². The van der Waals surface area contributed by atoms with E-state index in [0.29, 0.717) is 5.56 Å². The van der Waals surface area contributed by atoms with Crippen LogP contribution in [0.15, 0.2) is 24.3 Å². The molecule has 0 aliphatic carbocycles. The fraction of sp³-hybridized carbons (Fsp3) is 0.533. The molecule has 0 radical (unpaired) electrons. The molecule has 0 fully saturated rings. The maximum Gasteiger partial charge on any atom is 0.251 e. The lowest BCUT2D eigenvalue weighted by Gasteiger charge is -2.20. The minimum absolute atomic E-state index is 0.0576. The summed E-state index contributed by atoms with van der Waals surface area (Å²) in [6.07, 6.45) is 0.111. The van der Waals surface area contributed by atoms with E-state index in [2.05, 4.69) is 5.32 Å². The van der Waals surface area contributed by atoms with E-state index < -0.39 is 0 Å². The van der Waals surface area contributed by atoms with Gasteiger partial charge in [0.15, 0.2) is 0 Å². The summed E-state index contributed by atoms with van der Waals surface area (Å²) < 4.78 is 5.52. The normalized spacial score (nSPS) is 12.6. The zero-order valence-electron chi connectivity index (χ0n) is 12.0. The van der Waals surface area contributed by atoms with Crippen LogP contribution >= 0.6 is 0 Å². The quantitative estimate of drug-likeness (QED) is 0.829. The Hall–Kier alpha value is -1.55. The summed E-state index contributed by atoms with van der Waals surface area (Å²) >= 11 is 0. The van der Waals surface area contributed by atoms with Crippen LogP contribution in [-0.4, -0.2) is 29.8 Å². The van der Waals surface area contributed by atoms with Gasteiger partial charge in [-0.05, 0) is 44.0 Å². The van der Waals surface area contributed by atoms with Gasteiger partial charge in [-0.2, -0.15) is 0 Å². The second-order valence-electron chi connectivity index (χ2n) is 5.20. The van der Waals surface area contributed by atoms with Crippen molar-refractivity contribution in [3.8, 4) is 5.75 Å². The van der Waals surface area contributed by atoms with Crippen molar-refractivity contribution in [2.45, 2.75) is 39.8 Å². The van der Waals surface area contributed by atoms with Gasteiger partial charge in [0.25, 0.3) is 5.91 Å². The molecule has 0 aliphatic rings. The van der Waals surface area contributed by atoms with Crippen molar-refractivity contribution in [3.63, 3.8) is 0 Å². The van der Waals surface area contributed by atoms with Gasteiger partial charge in [0, 0.05) is 5.56 Å². The van der Waals surface area contributed by atoms with Crippen molar-refractivity contribution in [2.24, 2.45) is 5.92 Å². The lowest BCUT2D eigenvalue weighted by molar-refractivity contribution is 0.0897. The molecule has 1 unspecified atom stereocenters. The SMILES string of the molecule is CC(C)Oc1ccc(C(=O)NC(CO)C(C)C)cc1. The fourth-order valence-electron chi connectivity index (χ4n) is 1.63. The largest absolute Gasteiger partial charge is 0.491 e. The Balaban J connectivity index is 2.67. The molecule has 1 aromatic carbocycles. The third-order valence-corrected chi connectivity index (χ3v) is 2.81. The average Bonchev–Trinajstić information content (AvgIpc) is 2.35. The summed E-state index contributed by atoms with van der Waals surface area (Å²) in [6, 6.07) is 6.78. The molecule has 2 N–H and O–H groups in total. The number of hydrogen-bond donors (Lipinski definition) is 2. The lowest BCUT2D eigenvalue weighted by Crippen LogP contribution is -2.41. The van der Waals surface area contributed by atoms with Gasteiger partial charge in [-0.25, -0.2) is 0 Å². The summed E-state index contributed by atoms with van der Waals surface area (Å²) in [6.45, 7) is 7.77. The topological polar surface area (TPSA) is 58.6 Å². The molecule has 4 nitrogen and oxygen atoms in total. The molecular formula is C15H23NO3. The maximum absolute atomic E-state index is 12.0. The highest BCUT2D eigenvalue weighted by molar-refractivity contribution is 5.94. The van der Waals surface area contributed by atoms with Crippen molar-refractivity contribution in [1.82, 2.24) is 5.32 Å². The summed E-state index contributed by atoms with van der Waals surface area (Å²) in [7, 11) is 0. The van der Waals surface area contributed by atoms with Gasteiger partial charge in [0.1, 0.15) is 5.75 Å². The van der Waals surface area contributed by atoms with E-state index in [0.717, 1.165) is 5.75 Å². The smallest absolute Gasteiger partial charge is 0.251 e. The zero-order valence-corrected chi connectivity index (χ0v) is 12.0. The summed E-state index contributed by atoms with van der Waals surface area (Å²) in [5.74, 6) is 0.760. The molecule has 0 bridgehead atoms. The van der Waals surface area contributed by atoms with Crippen LogP contribution < -0.4 is 10.1 Å². The predicted molar refractivity (Wildman–Crippen MR) is 75.4 cm³/mol. The highest BCUT2D eigenvalue weighted by Crippen LogP contribution is 2.14. The second kappa shape index (κ2) is 7.14. The van der Waals surface area contributed by atoms with E-state index >= 15 is 0 Å². The Morgan fingerprint density at radius 1 is 1.21 bits per heavy atom. The molecule has 0 aromatic heterocycles. The van der Waals surface area contributed by atoms with Gasteiger partial charge in [0.2, 0.25) is 0 Å². The van der Waals surface area contributed by atoms with Crippen LogP contribution in [0.3, 0.4) is 0 Å². The van der Waals surface area contributed by atoms with Gasteiger partial charge in [-0.3, -0.25) is 4.79 Å². The van der Waals surface area contributed by atoms with Crippen molar-refractivity contribution in [3.05, 3.63) is 29.8 Å². The Kier molecular flexibility index (Phi) is 5.83. The molecule has 1 atom stereocenters. The second-order valence-corrected chi connectivity index (χ2v) is 5.20. The molecule has 1 amide bonds. The van der Waals surface area contributed by atoms with Gasteiger partial charge in [0.05, 0.1) is 18.8 Å². The van der Waals surface area contributed by atoms with E-state index in [4.69, 9.17) is 4.74 Å². The molecule has 1 rings (SSSR count). The first-order valence-electron chi connectivity index (χ1n) is 6.62. The van der Waals surface area contributed by atoms with Crippen LogP contribution in [-0.2, 0) is 0 Å². The Labute approximate surface area is 114 Å². The number of amides is 1. The number of aliphatic hydroxyl groups is 1. The maximum atomic E-state index is 12.0. The monoisotopic (exact) mass is 265 g/mol. The Morgan fingerprint density at radius 3 is 2.21 bits per heavy atom. The van der Waals surface area contributed by atoms with Gasteiger partial charge < -0.3 is 15.2 Å². The standard InChI is InChI=1S/C15H23NO3/c1-10(2)14(9-17)16-15(18)12-5-7-13(8-6-12)19-11(3)4/h5-8,10-11,14,17H,9H2,1-4H3,(H,16,18). The highest BCUT2D eigenvalue weighted by Gasteiger charge is 2.16. The predicted octanol–water partition coefficient (Wildman–Crippen LogP) is 2.22. The van der Waals surface area contributed by atoms with E-state index in [1.807, 2.05) is 27.7 Å². The number of nitrogens with one attached hydrogen (secondary N) is 1. The molecule has 0 spiro atoms. The molecule has 0 heterocycles. The molecule has 19 heavy (non-hydrogen) atoms. The van der Waals surface area contributed by atoms with Gasteiger partial charge in [-0.1, -0.05) is 13.8 Å². The number of benzene rings is 1. The van der Waals surface area contributed by atoms with Gasteiger partial charge in [-0.15, -0.1) is 0 Å². The fourth-order valence-corrected chi connectivity index (χ4v) is 1.63. The first kappa shape index (κ1) is 15.5. The zero-order chi connectivity index (χ0) is 14.4. The summed E-state index contributed by atoms with van der Waals surface area (Å²) in [4.78, 5) is 12.0. The molecule has 0 aliphatic heterocycles. The van der Waals surface area contributed by atoms with Crippen LogP contribution in [0, 0.1) is 5.92 Å². The molecule has 106 valence electrons. The molecule has 1 aromatic rings. The highest BCUT2D eigenvalue weighted by atomic mass is 16.5. The van der Waals surface area contributed by atoms with Crippen molar-refractivity contribution in [2.75, 3.05) is 6.61 Å².